The summed E-state index contributed by atoms with van der Waals surface area (Å²) in [6.45, 7) is 8.38. The van der Waals surface area contributed by atoms with E-state index in [2.05, 4.69) is 18.7 Å². The zero-order chi connectivity index (χ0) is 13.0. The third-order valence-corrected chi connectivity index (χ3v) is 5.34. The molecule has 2 fully saturated rings. The molecule has 0 amide bonds. The SMILES string of the molecule is CC1(C)CN(C2CCCCCC2)CCC1CCN. The van der Waals surface area contributed by atoms with Crippen LogP contribution in [0.15, 0.2) is 0 Å². The summed E-state index contributed by atoms with van der Waals surface area (Å²) in [5.41, 5.74) is 6.23. The maximum atomic E-state index is 5.76. The summed E-state index contributed by atoms with van der Waals surface area (Å²) in [4.78, 5) is 2.80. The van der Waals surface area contributed by atoms with E-state index in [1.807, 2.05) is 0 Å². The van der Waals surface area contributed by atoms with E-state index in [4.69, 9.17) is 5.73 Å². The molecular formula is C16H32N2. The fourth-order valence-electron chi connectivity index (χ4n) is 4.11. The fraction of sp³-hybridized carbons (Fsp3) is 1.00. The predicted octanol–water partition coefficient (Wildman–Crippen LogP) is 3.41. The molecule has 2 rings (SSSR count). The van der Waals surface area contributed by atoms with Gasteiger partial charge in [-0.25, -0.2) is 0 Å². The van der Waals surface area contributed by atoms with Crippen molar-refractivity contribution in [1.29, 1.82) is 0 Å². The molecule has 1 heterocycles. The molecule has 2 nitrogen and oxygen atoms in total. The Labute approximate surface area is 113 Å². The van der Waals surface area contributed by atoms with Crippen LogP contribution in [0.2, 0.25) is 0 Å². The predicted molar refractivity (Wildman–Crippen MR) is 78.6 cm³/mol. The van der Waals surface area contributed by atoms with Gasteiger partial charge in [-0.1, -0.05) is 39.5 Å². The van der Waals surface area contributed by atoms with Crippen LogP contribution in [0.1, 0.15) is 65.2 Å². The molecule has 2 heteroatoms. The number of nitrogens with two attached hydrogens (primary N) is 1. The van der Waals surface area contributed by atoms with E-state index >= 15 is 0 Å². The van der Waals surface area contributed by atoms with E-state index in [-0.39, 0.29) is 0 Å². The molecule has 0 aromatic heterocycles. The van der Waals surface area contributed by atoms with Crippen molar-refractivity contribution < 1.29 is 0 Å². The van der Waals surface area contributed by atoms with Crippen LogP contribution < -0.4 is 5.73 Å². The van der Waals surface area contributed by atoms with Crippen LogP contribution in [0.5, 0.6) is 0 Å². The van der Waals surface area contributed by atoms with Crippen molar-refractivity contribution >= 4 is 0 Å². The molecule has 106 valence electrons. The molecular weight excluding hydrogens is 220 g/mol. The van der Waals surface area contributed by atoms with Gasteiger partial charge in [0.2, 0.25) is 0 Å². The first-order chi connectivity index (χ1) is 8.63. The Morgan fingerprint density at radius 2 is 1.72 bits per heavy atom. The first kappa shape index (κ1) is 14.3. The Morgan fingerprint density at radius 1 is 1.06 bits per heavy atom. The Kier molecular flexibility index (Phi) is 5.08. The highest BCUT2D eigenvalue weighted by molar-refractivity contribution is 4.90. The Balaban J connectivity index is 1.92. The highest BCUT2D eigenvalue weighted by atomic mass is 15.2. The van der Waals surface area contributed by atoms with Crippen molar-refractivity contribution in [1.82, 2.24) is 4.90 Å². The van der Waals surface area contributed by atoms with Gasteiger partial charge in [-0.15, -0.1) is 0 Å². The third kappa shape index (κ3) is 3.48. The summed E-state index contributed by atoms with van der Waals surface area (Å²) in [6.07, 6.45) is 11.3. The van der Waals surface area contributed by atoms with Crippen molar-refractivity contribution in [3.63, 3.8) is 0 Å². The van der Waals surface area contributed by atoms with Gasteiger partial charge in [0.1, 0.15) is 0 Å². The van der Waals surface area contributed by atoms with Crippen LogP contribution in [0.3, 0.4) is 0 Å². The minimum absolute atomic E-state index is 0.462. The lowest BCUT2D eigenvalue weighted by molar-refractivity contribution is 0.0210. The number of hydrogen-bond donors (Lipinski definition) is 1. The highest BCUT2D eigenvalue weighted by Gasteiger charge is 2.37. The van der Waals surface area contributed by atoms with E-state index < -0.39 is 0 Å². The van der Waals surface area contributed by atoms with Crippen LogP contribution >= 0.6 is 0 Å². The van der Waals surface area contributed by atoms with Crippen LogP contribution in [0, 0.1) is 11.3 Å². The molecule has 0 spiro atoms. The van der Waals surface area contributed by atoms with E-state index in [0.717, 1.165) is 18.5 Å². The molecule has 0 aromatic rings. The largest absolute Gasteiger partial charge is 0.330 e. The van der Waals surface area contributed by atoms with Crippen molar-refractivity contribution in [2.45, 2.75) is 71.3 Å². The second kappa shape index (κ2) is 6.38. The molecule has 0 bridgehead atoms. The first-order valence-electron chi connectivity index (χ1n) is 8.07. The van der Waals surface area contributed by atoms with Gasteiger partial charge in [0, 0.05) is 12.6 Å². The van der Waals surface area contributed by atoms with Crippen molar-refractivity contribution in [2.24, 2.45) is 17.1 Å². The lowest BCUT2D eigenvalue weighted by atomic mass is 9.72. The van der Waals surface area contributed by atoms with E-state index in [9.17, 15) is 0 Å². The van der Waals surface area contributed by atoms with Crippen LogP contribution in [-0.4, -0.2) is 30.6 Å². The van der Waals surface area contributed by atoms with Crippen LogP contribution in [-0.2, 0) is 0 Å². The normalized spacial score (nSPS) is 31.2. The molecule has 1 aliphatic carbocycles. The number of piperidine rings is 1. The van der Waals surface area contributed by atoms with Crippen LogP contribution in [0.4, 0.5) is 0 Å². The van der Waals surface area contributed by atoms with Gasteiger partial charge >= 0.3 is 0 Å². The Hall–Kier alpha value is -0.0800. The summed E-state index contributed by atoms with van der Waals surface area (Å²) >= 11 is 0. The van der Waals surface area contributed by atoms with E-state index in [1.54, 1.807) is 0 Å². The van der Waals surface area contributed by atoms with Crippen LogP contribution in [0.25, 0.3) is 0 Å². The smallest absolute Gasteiger partial charge is 0.00954 e. The van der Waals surface area contributed by atoms with Crippen molar-refractivity contribution in [3.8, 4) is 0 Å². The molecule has 0 radical (unpaired) electrons. The second-order valence-corrected chi connectivity index (χ2v) is 7.17. The Morgan fingerprint density at radius 3 is 2.28 bits per heavy atom. The average molecular weight is 252 g/mol. The maximum Gasteiger partial charge on any atom is 0.00954 e. The van der Waals surface area contributed by atoms with Gasteiger partial charge in [-0.05, 0) is 50.1 Å². The van der Waals surface area contributed by atoms with Crippen molar-refractivity contribution in [2.75, 3.05) is 19.6 Å². The molecule has 1 saturated heterocycles. The third-order valence-electron chi connectivity index (χ3n) is 5.34. The monoisotopic (exact) mass is 252 g/mol. The molecule has 1 saturated carbocycles. The molecule has 1 aliphatic heterocycles. The molecule has 1 unspecified atom stereocenters. The fourth-order valence-corrected chi connectivity index (χ4v) is 4.11. The van der Waals surface area contributed by atoms with Gasteiger partial charge in [-0.2, -0.15) is 0 Å². The lowest BCUT2D eigenvalue weighted by Gasteiger charge is -2.47. The molecule has 18 heavy (non-hydrogen) atoms. The number of hydrogen-bond acceptors (Lipinski definition) is 2. The maximum absolute atomic E-state index is 5.76. The molecule has 2 aliphatic rings. The molecule has 1 atom stereocenters. The zero-order valence-electron chi connectivity index (χ0n) is 12.5. The number of rotatable bonds is 3. The van der Waals surface area contributed by atoms with Gasteiger partial charge in [0.25, 0.3) is 0 Å². The summed E-state index contributed by atoms with van der Waals surface area (Å²) in [5.74, 6) is 0.838. The second-order valence-electron chi connectivity index (χ2n) is 7.17. The summed E-state index contributed by atoms with van der Waals surface area (Å²) in [5, 5.41) is 0. The topological polar surface area (TPSA) is 29.3 Å². The highest BCUT2D eigenvalue weighted by Crippen LogP contribution is 2.38. The number of nitrogens with zero attached hydrogens (tertiary/aromatic N) is 1. The van der Waals surface area contributed by atoms with E-state index in [1.165, 1.54) is 64.5 Å². The van der Waals surface area contributed by atoms with Gasteiger partial charge in [0.05, 0.1) is 0 Å². The summed E-state index contributed by atoms with van der Waals surface area (Å²) in [6, 6.07) is 0.880. The van der Waals surface area contributed by atoms with Gasteiger partial charge in [0.15, 0.2) is 0 Å². The average Bonchev–Trinajstić information content (AvgIpc) is 2.60. The molecule has 2 N–H and O–H groups in total. The lowest BCUT2D eigenvalue weighted by Crippen LogP contribution is -2.50. The number of likely N-dealkylation sites (tertiary alicyclic amines) is 1. The molecule has 0 aromatic carbocycles. The minimum atomic E-state index is 0.462. The zero-order valence-corrected chi connectivity index (χ0v) is 12.5. The van der Waals surface area contributed by atoms with Crippen molar-refractivity contribution in [3.05, 3.63) is 0 Å². The summed E-state index contributed by atoms with van der Waals surface area (Å²) < 4.78 is 0. The Bertz CT molecular complexity index is 241. The van der Waals surface area contributed by atoms with Gasteiger partial charge in [-0.3, -0.25) is 4.90 Å². The standard InChI is InChI=1S/C16H32N2/c1-16(2)13-18(12-10-14(16)9-11-17)15-7-5-3-4-6-8-15/h14-15H,3-13,17H2,1-2H3. The first-order valence-corrected chi connectivity index (χ1v) is 8.07. The quantitative estimate of drug-likeness (QED) is 0.780. The van der Waals surface area contributed by atoms with E-state index in [0.29, 0.717) is 5.41 Å². The summed E-state index contributed by atoms with van der Waals surface area (Å²) in [7, 11) is 0. The van der Waals surface area contributed by atoms with Gasteiger partial charge < -0.3 is 5.73 Å². The minimum Gasteiger partial charge on any atom is -0.330 e.